The molecule has 0 saturated heterocycles. The van der Waals surface area contributed by atoms with Gasteiger partial charge < -0.3 is 9.47 Å². The van der Waals surface area contributed by atoms with Crippen molar-refractivity contribution >= 4 is 16.7 Å². The SMILES string of the molecule is COc1ccc(C(=C(c2ccccc2)c2ccc(C(=C(C#N)C#N)c3ccccc3)cc2)c2ccc(OC)cc2)cc1. The van der Waals surface area contributed by atoms with E-state index in [4.69, 9.17) is 9.47 Å². The monoisotopic (exact) mass is 544 g/mol. The molecule has 5 aromatic rings. The second-order valence-corrected chi connectivity index (χ2v) is 9.49. The van der Waals surface area contributed by atoms with Crippen molar-refractivity contribution < 1.29 is 9.47 Å². The van der Waals surface area contributed by atoms with E-state index in [2.05, 4.69) is 60.7 Å². The van der Waals surface area contributed by atoms with Crippen LogP contribution in [0, 0.1) is 22.7 Å². The Balaban J connectivity index is 1.76. The maximum Gasteiger partial charge on any atom is 0.138 e. The second-order valence-electron chi connectivity index (χ2n) is 9.49. The second kappa shape index (κ2) is 13.0. The molecule has 0 spiro atoms. The van der Waals surface area contributed by atoms with E-state index in [0.29, 0.717) is 5.57 Å². The van der Waals surface area contributed by atoms with Crippen molar-refractivity contribution in [1.29, 1.82) is 10.5 Å². The molecule has 0 aliphatic heterocycles. The Morgan fingerprint density at radius 1 is 0.405 bits per heavy atom. The van der Waals surface area contributed by atoms with E-state index < -0.39 is 0 Å². The van der Waals surface area contributed by atoms with Gasteiger partial charge in [-0.15, -0.1) is 0 Å². The number of hydrogen-bond donors (Lipinski definition) is 0. The first-order valence-corrected chi connectivity index (χ1v) is 13.5. The highest BCUT2D eigenvalue weighted by Gasteiger charge is 2.18. The van der Waals surface area contributed by atoms with Crippen LogP contribution in [0.2, 0.25) is 0 Å². The smallest absolute Gasteiger partial charge is 0.138 e. The molecule has 0 saturated carbocycles. The van der Waals surface area contributed by atoms with Crippen molar-refractivity contribution in [2.75, 3.05) is 14.2 Å². The van der Waals surface area contributed by atoms with Crippen molar-refractivity contribution in [2.24, 2.45) is 0 Å². The first kappa shape index (κ1) is 27.7. The van der Waals surface area contributed by atoms with E-state index in [1.54, 1.807) is 14.2 Å². The van der Waals surface area contributed by atoms with E-state index in [1.165, 1.54) is 0 Å². The molecule has 0 fully saturated rings. The largest absolute Gasteiger partial charge is 0.497 e. The number of benzene rings is 5. The molecule has 202 valence electrons. The van der Waals surface area contributed by atoms with Gasteiger partial charge in [0.1, 0.15) is 29.2 Å². The van der Waals surface area contributed by atoms with Gasteiger partial charge in [-0.1, -0.05) is 109 Å². The Morgan fingerprint density at radius 2 is 0.690 bits per heavy atom. The fraction of sp³-hybridized carbons (Fsp3) is 0.0526. The zero-order valence-corrected chi connectivity index (χ0v) is 23.4. The number of nitrogens with zero attached hydrogens (tertiary/aromatic N) is 2. The molecule has 42 heavy (non-hydrogen) atoms. The lowest BCUT2D eigenvalue weighted by Gasteiger charge is -2.19. The molecule has 0 aromatic heterocycles. The number of methoxy groups -OCH3 is 2. The van der Waals surface area contributed by atoms with Crippen molar-refractivity contribution in [3.8, 4) is 23.6 Å². The number of rotatable bonds is 8. The van der Waals surface area contributed by atoms with E-state index in [0.717, 1.165) is 56.0 Å². The van der Waals surface area contributed by atoms with Crippen LogP contribution in [0.25, 0.3) is 16.7 Å². The predicted molar refractivity (Wildman–Crippen MR) is 168 cm³/mol. The Hall–Kier alpha value is -5.84. The molecule has 5 rings (SSSR count). The summed E-state index contributed by atoms with van der Waals surface area (Å²) in [6.45, 7) is 0. The van der Waals surface area contributed by atoms with E-state index >= 15 is 0 Å². The van der Waals surface area contributed by atoms with Crippen LogP contribution >= 0.6 is 0 Å². The first-order chi connectivity index (χ1) is 20.7. The molecule has 4 nitrogen and oxygen atoms in total. The summed E-state index contributed by atoms with van der Waals surface area (Å²) in [5, 5.41) is 19.5. The molecule has 0 unspecified atom stereocenters. The third-order valence-corrected chi connectivity index (χ3v) is 7.07. The van der Waals surface area contributed by atoms with Gasteiger partial charge >= 0.3 is 0 Å². The zero-order chi connectivity index (χ0) is 29.3. The Morgan fingerprint density at radius 3 is 1.02 bits per heavy atom. The van der Waals surface area contributed by atoms with Gasteiger partial charge in [-0.2, -0.15) is 10.5 Å². The van der Waals surface area contributed by atoms with Gasteiger partial charge in [-0.05, 0) is 68.8 Å². The molecule has 5 aromatic carbocycles. The zero-order valence-electron chi connectivity index (χ0n) is 23.4. The molecule has 0 heterocycles. The van der Waals surface area contributed by atoms with Gasteiger partial charge in [0.2, 0.25) is 0 Å². The summed E-state index contributed by atoms with van der Waals surface area (Å²) in [7, 11) is 3.32. The fourth-order valence-electron chi connectivity index (χ4n) is 5.03. The third kappa shape index (κ3) is 5.85. The highest BCUT2D eigenvalue weighted by Crippen LogP contribution is 2.38. The number of ether oxygens (including phenoxy) is 2. The summed E-state index contributed by atoms with van der Waals surface area (Å²) < 4.78 is 10.9. The summed E-state index contributed by atoms with van der Waals surface area (Å²) in [5.74, 6) is 1.56. The molecule has 0 amide bonds. The van der Waals surface area contributed by atoms with Gasteiger partial charge in [0.25, 0.3) is 0 Å². The van der Waals surface area contributed by atoms with Crippen molar-refractivity contribution in [1.82, 2.24) is 0 Å². The van der Waals surface area contributed by atoms with E-state index in [1.807, 2.05) is 84.9 Å². The fourth-order valence-corrected chi connectivity index (χ4v) is 5.03. The van der Waals surface area contributed by atoms with Crippen LogP contribution in [-0.2, 0) is 0 Å². The molecule has 0 radical (unpaired) electrons. The van der Waals surface area contributed by atoms with Gasteiger partial charge in [0.05, 0.1) is 14.2 Å². The highest BCUT2D eigenvalue weighted by molar-refractivity contribution is 6.04. The van der Waals surface area contributed by atoms with Crippen LogP contribution in [0.5, 0.6) is 11.5 Å². The minimum Gasteiger partial charge on any atom is -0.497 e. The van der Waals surface area contributed by atoms with Crippen LogP contribution in [0.4, 0.5) is 0 Å². The van der Waals surface area contributed by atoms with Gasteiger partial charge in [-0.25, -0.2) is 0 Å². The quantitative estimate of drug-likeness (QED) is 0.145. The lowest BCUT2D eigenvalue weighted by atomic mass is 9.85. The normalized spacial score (nSPS) is 10.1. The maximum absolute atomic E-state index is 9.75. The minimum absolute atomic E-state index is 0.0740. The van der Waals surface area contributed by atoms with Crippen LogP contribution < -0.4 is 9.47 Å². The molecular weight excluding hydrogens is 516 g/mol. The molecule has 0 bridgehead atoms. The minimum atomic E-state index is 0.0740. The predicted octanol–water partition coefficient (Wildman–Crippen LogP) is 8.56. The summed E-state index contributed by atoms with van der Waals surface area (Å²) >= 11 is 0. The van der Waals surface area contributed by atoms with Crippen LogP contribution in [0.15, 0.2) is 139 Å². The average molecular weight is 545 g/mol. The van der Waals surface area contributed by atoms with Crippen LogP contribution in [0.3, 0.4) is 0 Å². The molecule has 0 N–H and O–H groups in total. The number of nitriles is 2. The van der Waals surface area contributed by atoms with Crippen LogP contribution in [-0.4, -0.2) is 14.2 Å². The van der Waals surface area contributed by atoms with E-state index in [-0.39, 0.29) is 5.57 Å². The van der Waals surface area contributed by atoms with Gasteiger partial charge in [0.15, 0.2) is 0 Å². The summed E-state index contributed by atoms with van der Waals surface area (Å²) in [6, 6.07) is 48.2. The molecule has 0 atom stereocenters. The number of hydrogen-bond acceptors (Lipinski definition) is 4. The summed E-state index contributed by atoms with van der Waals surface area (Å²) in [6.07, 6.45) is 0. The topological polar surface area (TPSA) is 66.0 Å². The summed E-state index contributed by atoms with van der Waals surface area (Å²) in [5.41, 5.74) is 8.51. The average Bonchev–Trinajstić information content (AvgIpc) is 3.07. The Bertz CT molecular complexity index is 1740. The number of allylic oxidation sites excluding steroid dienone is 1. The lowest BCUT2D eigenvalue weighted by Crippen LogP contribution is -1.99. The Labute approximate surface area is 246 Å². The third-order valence-electron chi connectivity index (χ3n) is 7.07. The maximum atomic E-state index is 9.75. The van der Waals surface area contributed by atoms with Gasteiger partial charge in [0, 0.05) is 5.57 Å². The van der Waals surface area contributed by atoms with E-state index in [9.17, 15) is 10.5 Å². The summed E-state index contributed by atoms with van der Waals surface area (Å²) in [4.78, 5) is 0. The molecule has 0 aliphatic rings. The standard InChI is InChI=1S/C38H28N2O2/c1-41-34-21-17-31(18-22-34)38(32-19-23-35(42-2)24-20-32)37(28-11-7-4-8-12-28)30-15-13-29(14-16-30)36(33(25-39)26-40)27-9-5-3-6-10-27/h3-24H,1-2H3. The van der Waals surface area contributed by atoms with Crippen molar-refractivity contribution in [2.45, 2.75) is 0 Å². The molecule has 0 aliphatic carbocycles. The van der Waals surface area contributed by atoms with Crippen molar-refractivity contribution in [3.63, 3.8) is 0 Å². The molecule has 4 heteroatoms. The highest BCUT2D eigenvalue weighted by atomic mass is 16.5. The molecular formula is C38H28N2O2. The van der Waals surface area contributed by atoms with Crippen LogP contribution in [0.1, 0.15) is 33.4 Å². The lowest BCUT2D eigenvalue weighted by molar-refractivity contribution is 0.414. The first-order valence-electron chi connectivity index (χ1n) is 13.5. The van der Waals surface area contributed by atoms with Crippen molar-refractivity contribution in [3.05, 3.63) is 172 Å². The van der Waals surface area contributed by atoms with Gasteiger partial charge in [-0.3, -0.25) is 0 Å². The Kier molecular flexibility index (Phi) is 8.58.